The summed E-state index contributed by atoms with van der Waals surface area (Å²) in [6.45, 7) is 5.79. The predicted molar refractivity (Wildman–Crippen MR) is 181 cm³/mol. The summed E-state index contributed by atoms with van der Waals surface area (Å²) in [5.41, 5.74) is 17.6. The number of nitrogens with zero attached hydrogens (tertiary/aromatic N) is 6. The number of carbonyl (C=O) groups is 2. The summed E-state index contributed by atoms with van der Waals surface area (Å²) >= 11 is 2.95. The average molecular weight is 661 g/mol. The molecule has 15 nitrogen and oxygen atoms in total. The summed E-state index contributed by atoms with van der Waals surface area (Å²) in [6.07, 6.45) is 9.22. The number of anilines is 2. The first-order valence-electron chi connectivity index (χ1n) is 14.8. The molecule has 1 amide bonds. The molecule has 0 spiro atoms. The van der Waals surface area contributed by atoms with Crippen LogP contribution in [0.1, 0.15) is 52.4 Å². The number of ether oxygens (including phenoxy) is 1. The lowest BCUT2D eigenvalue weighted by molar-refractivity contribution is -0.143. The zero-order chi connectivity index (χ0) is 32.7. The minimum Gasteiger partial charge on any atom is -0.444 e. The van der Waals surface area contributed by atoms with Crippen LogP contribution < -0.4 is 33.2 Å². The Balaban J connectivity index is 1.56. The first kappa shape index (κ1) is 37.2. The van der Waals surface area contributed by atoms with E-state index in [0.29, 0.717) is 72.1 Å². The second-order valence-corrected chi connectivity index (χ2v) is 11.5. The molecule has 2 rings (SSSR count). The van der Waals surface area contributed by atoms with Crippen LogP contribution in [-0.4, -0.2) is 81.1 Å². The van der Waals surface area contributed by atoms with Crippen molar-refractivity contribution in [3.8, 4) is 0 Å². The van der Waals surface area contributed by atoms with Gasteiger partial charge in [-0.25, -0.2) is 24.7 Å². The number of guanidine groups is 2. The first-order valence-corrected chi connectivity index (χ1v) is 16.7. The minimum absolute atomic E-state index is 0.305. The fourth-order valence-electron chi connectivity index (χ4n) is 3.27. The molecule has 0 aliphatic carbocycles. The lowest BCUT2D eigenvalue weighted by Crippen LogP contribution is -2.27. The van der Waals surface area contributed by atoms with Crippen LogP contribution in [0.2, 0.25) is 0 Å². The summed E-state index contributed by atoms with van der Waals surface area (Å²) in [7, 11) is 0. The molecule has 45 heavy (non-hydrogen) atoms. The Kier molecular flexibility index (Phi) is 18.6. The number of amides is 1. The molecule has 2 aromatic heterocycles. The molecule has 1 atom stereocenters. The second kappa shape index (κ2) is 22.5. The SMILES string of the molecule is CCCN=C(N)Nc1ccnc(SCCCCNC(=O)/C=C\C(=O)OC(N)CCCSc2nccc(NC(N)=NCCC)n2)n1. The van der Waals surface area contributed by atoms with Gasteiger partial charge < -0.3 is 32.2 Å². The number of aromatic nitrogens is 4. The van der Waals surface area contributed by atoms with E-state index in [0.717, 1.165) is 43.6 Å². The number of nitrogens with two attached hydrogens (primary N) is 3. The Morgan fingerprint density at radius 2 is 1.44 bits per heavy atom. The van der Waals surface area contributed by atoms with Gasteiger partial charge in [0.15, 0.2) is 28.5 Å². The van der Waals surface area contributed by atoms with E-state index in [9.17, 15) is 9.59 Å². The molecule has 0 saturated heterocycles. The maximum absolute atomic E-state index is 12.0. The predicted octanol–water partition coefficient (Wildman–Crippen LogP) is 2.49. The van der Waals surface area contributed by atoms with Crippen molar-refractivity contribution in [3.63, 3.8) is 0 Å². The standard InChI is InChI=1S/C28H44N12O3S2/c1-3-13-33-25(30)37-21-11-16-35-27(39-21)44-18-6-5-15-32-23(41)9-10-24(42)43-20(29)8-7-19-45-28-36-17-12-22(40-28)38-26(31)34-14-4-2/h9-12,16-17,20H,3-8,13-15,18-19,29H2,1-2H3,(H,32,41)(H3,30,33,35,37,39)(H3,31,34,36,38,40)/b10-9-. The molecule has 0 radical (unpaired) electrons. The van der Waals surface area contributed by atoms with Crippen LogP contribution in [0.15, 0.2) is 57.0 Å². The lowest BCUT2D eigenvalue weighted by atomic mass is 10.3. The number of thioether (sulfide) groups is 2. The summed E-state index contributed by atoms with van der Waals surface area (Å²) in [4.78, 5) is 49.7. The number of esters is 1. The number of hydrogen-bond acceptors (Lipinski definition) is 12. The Morgan fingerprint density at radius 1 is 0.889 bits per heavy atom. The van der Waals surface area contributed by atoms with Crippen molar-refractivity contribution in [2.75, 3.05) is 41.8 Å². The number of nitrogens with one attached hydrogen (secondary N) is 3. The van der Waals surface area contributed by atoms with Crippen molar-refractivity contribution in [1.29, 1.82) is 0 Å². The number of unbranched alkanes of at least 4 members (excludes halogenated alkanes) is 1. The normalized spacial score (nSPS) is 12.6. The van der Waals surface area contributed by atoms with E-state index < -0.39 is 12.2 Å². The molecule has 246 valence electrons. The number of rotatable bonds is 20. The lowest BCUT2D eigenvalue weighted by Gasteiger charge is -2.11. The third-order valence-corrected chi connectivity index (χ3v) is 7.29. The van der Waals surface area contributed by atoms with Gasteiger partial charge in [-0.2, -0.15) is 0 Å². The van der Waals surface area contributed by atoms with Gasteiger partial charge in [0, 0.05) is 55.7 Å². The molecule has 0 aromatic carbocycles. The zero-order valence-corrected chi connectivity index (χ0v) is 27.4. The van der Waals surface area contributed by atoms with E-state index in [2.05, 4.69) is 45.9 Å². The molecule has 1 unspecified atom stereocenters. The smallest absolute Gasteiger partial charge is 0.332 e. The third kappa shape index (κ3) is 17.8. The molecule has 17 heteroatoms. The number of hydrogen-bond donors (Lipinski definition) is 6. The van der Waals surface area contributed by atoms with Gasteiger partial charge in [-0.1, -0.05) is 37.4 Å². The highest BCUT2D eigenvalue weighted by Gasteiger charge is 2.09. The van der Waals surface area contributed by atoms with E-state index in [4.69, 9.17) is 21.9 Å². The van der Waals surface area contributed by atoms with Crippen molar-refractivity contribution in [2.45, 2.75) is 68.9 Å². The zero-order valence-electron chi connectivity index (χ0n) is 25.8. The van der Waals surface area contributed by atoms with Crippen LogP contribution in [0, 0.1) is 0 Å². The molecule has 2 aromatic rings. The molecule has 2 heterocycles. The largest absolute Gasteiger partial charge is 0.444 e. The Hall–Kier alpha value is -3.96. The summed E-state index contributed by atoms with van der Waals surface area (Å²) in [5, 5.41) is 9.84. The second-order valence-electron chi connectivity index (χ2n) is 9.38. The fraction of sp³-hybridized carbons (Fsp3) is 0.500. The molecule has 9 N–H and O–H groups in total. The van der Waals surface area contributed by atoms with Crippen molar-refractivity contribution < 1.29 is 14.3 Å². The maximum Gasteiger partial charge on any atom is 0.332 e. The first-order chi connectivity index (χ1) is 21.8. The summed E-state index contributed by atoms with van der Waals surface area (Å²) in [6, 6.07) is 3.44. The van der Waals surface area contributed by atoms with Crippen LogP contribution in [0.5, 0.6) is 0 Å². The van der Waals surface area contributed by atoms with Crippen molar-refractivity contribution in [2.24, 2.45) is 27.2 Å². The van der Waals surface area contributed by atoms with Gasteiger partial charge in [-0.15, -0.1) is 0 Å². The molecule has 0 saturated carbocycles. The molecule has 0 aliphatic rings. The highest BCUT2D eigenvalue weighted by molar-refractivity contribution is 7.99. The van der Waals surface area contributed by atoms with E-state index in [1.807, 2.05) is 13.8 Å². The van der Waals surface area contributed by atoms with Crippen LogP contribution in [-0.2, 0) is 14.3 Å². The van der Waals surface area contributed by atoms with Crippen LogP contribution in [0.25, 0.3) is 0 Å². The van der Waals surface area contributed by atoms with Gasteiger partial charge in [0.1, 0.15) is 11.6 Å². The summed E-state index contributed by atoms with van der Waals surface area (Å²) in [5.74, 6) is 2.16. The quantitative estimate of drug-likeness (QED) is 0.0175. The van der Waals surface area contributed by atoms with E-state index in [1.54, 1.807) is 24.5 Å². The Morgan fingerprint density at radius 3 is 2.00 bits per heavy atom. The Bertz CT molecular complexity index is 1280. The molecular weight excluding hydrogens is 617 g/mol. The third-order valence-electron chi connectivity index (χ3n) is 5.39. The minimum atomic E-state index is -0.793. The van der Waals surface area contributed by atoms with Crippen LogP contribution >= 0.6 is 23.5 Å². The summed E-state index contributed by atoms with van der Waals surface area (Å²) < 4.78 is 5.16. The van der Waals surface area contributed by atoms with Crippen LogP contribution in [0.3, 0.4) is 0 Å². The highest BCUT2D eigenvalue weighted by atomic mass is 32.2. The van der Waals surface area contributed by atoms with Crippen molar-refractivity contribution >= 4 is 59.0 Å². The average Bonchev–Trinajstić information content (AvgIpc) is 3.02. The topological polar surface area (TPSA) is 234 Å². The van der Waals surface area contributed by atoms with E-state index >= 15 is 0 Å². The van der Waals surface area contributed by atoms with Gasteiger partial charge in [-0.05, 0) is 50.7 Å². The molecule has 0 bridgehead atoms. The van der Waals surface area contributed by atoms with Gasteiger partial charge in [-0.3, -0.25) is 20.5 Å². The van der Waals surface area contributed by atoms with Crippen molar-refractivity contribution in [3.05, 3.63) is 36.7 Å². The number of aliphatic imine (C=N–C) groups is 2. The van der Waals surface area contributed by atoms with E-state index in [1.165, 1.54) is 23.5 Å². The van der Waals surface area contributed by atoms with Gasteiger partial charge in [0.05, 0.1) is 0 Å². The fourth-order valence-corrected chi connectivity index (χ4v) is 4.89. The highest BCUT2D eigenvalue weighted by Crippen LogP contribution is 2.17. The maximum atomic E-state index is 12.0. The Labute approximate surface area is 272 Å². The van der Waals surface area contributed by atoms with Crippen molar-refractivity contribution in [1.82, 2.24) is 25.3 Å². The number of carbonyl (C=O) groups excluding carboxylic acids is 2. The van der Waals surface area contributed by atoms with E-state index in [-0.39, 0.29) is 5.91 Å². The molecule has 0 aliphatic heterocycles. The molecule has 0 fully saturated rings. The van der Waals surface area contributed by atoms with Gasteiger partial charge in [0.2, 0.25) is 5.91 Å². The van der Waals surface area contributed by atoms with Gasteiger partial charge >= 0.3 is 5.97 Å². The molecular formula is C28H44N12O3S2. The van der Waals surface area contributed by atoms with Gasteiger partial charge in [0.25, 0.3) is 0 Å². The monoisotopic (exact) mass is 660 g/mol. The van der Waals surface area contributed by atoms with Crippen LogP contribution in [0.4, 0.5) is 11.6 Å².